The highest BCUT2D eigenvalue weighted by molar-refractivity contribution is 5.67. The summed E-state index contributed by atoms with van der Waals surface area (Å²) in [5.74, 6) is 2.32. The van der Waals surface area contributed by atoms with Crippen molar-refractivity contribution in [1.29, 1.82) is 0 Å². The molecule has 0 radical (unpaired) electrons. The summed E-state index contributed by atoms with van der Waals surface area (Å²) >= 11 is 0. The van der Waals surface area contributed by atoms with Gasteiger partial charge in [-0.05, 0) is 62.4 Å². The normalized spacial score (nSPS) is 19.2. The number of hydrogen-bond donors (Lipinski definition) is 1. The molecule has 178 valence electrons. The van der Waals surface area contributed by atoms with Crippen molar-refractivity contribution >= 4 is 11.9 Å². The van der Waals surface area contributed by atoms with Crippen LogP contribution >= 0.6 is 0 Å². The van der Waals surface area contributed by atoms with Crippen LogP contribution in [0.1, 0.15) is 49.4 Å². The van der Waals surface area contributed by atoms with Crippen molar-refractivity contribution < 1.29 is 4.74 Å². The molecule has 5 rings (SSSR count). The zero-order chi connectivity index (χ0) is 23.3. The Morgan fingerprint density at radius 1 is 0.971 bits per heavy atom. The van der Waals surface area contributed by atoms with E-state index in [0.29, 0.717) is 11.9 Å². The van der Waals surface area contributed by atoms with Gasteiger partial charge < -0.3 is 15.4 Å². The summed E-state index contributed by atoms with van der Waals surface area (Å²) < 4.78 is 5.32. The predicted octanol–water partition coefficient (Wildman–Crippen LogP) is 3.89. The standard InChI is InChI=1S/C26H33N7O/c1-34-22-9-7-19(8-10-22)23-16-29-25(27)31-24(23)20-6-5-13-32(17-20)18-21-11-12-28-26(30-21)33-14-3-2-4-15-33/h7-12,16,20H,2-6,13-15,17-18H2,1H3,(H2,27,29,31). The topological polar surface area (TPSA) is 93.3 Å². The summed E-state index contributed by atoms with van der Waals surface area (Å²) in [6.07, 6.45) is 9.70. The minimum atomic E-state index is 0.291. The van der Waals surface area contributed by atoms with E-state index in [4.69, 9.17) is 20.4 Å². The molecule has 2 aliphatic heterocycles. The number of hydrogen-bond acceptors (Lipinski definition) is 8. The number of nitrogens with zero attached hydrogens (tertiary/aromatic N) is 6. The number of anilines is 2. The Balaban J connectivity index is 1.33. The molecule has 2 fully saturated rings. The van der Waals surface area contributed by atoms with Gasteiger partial charge in [-0.3, -0.25) is 4.90 Å². The Hall–Kier alpha value is -3.26. The lowest BCUT2D eigenvalue weighted by atomic mass is 9.90. The molecule has 3 aromatic rings. The second-order valence-corrected chi connectivity index (χ2v) is 9.23. The Bertz CT molecular complexity index is 1100. The smallest absolute Gasteiger partial charge is 0.225 e. The average molecular weight is 460 g/mol. The van der Waals surface area contributed by atoms with Gasteiger partial charge in [0.05, 0.1) is 18.5 Å². The molecule has 0 bridgehead atoms. The van der Waals surface area contributed by atoms with Crippen molar-refractivity contribution in [2.75, 3.05) is 43.9 Å². The van der Waals surface area contributed by atoms with E-state index >= 15 is 0 Å². The number of methoxy groups -OCH3 is 1. The molecule has 0 aliphatic carbocycles. The van der Waals surface area contributed by atoms with Crippen LogP contribution in [0, 0.1) is 0 Å². The summed E-state index contributed by atoms with van der Waals surface area (Å²) in [6, 6.07) is 10.1. The highest BCUT2D eigenvalue weighted by atomic mass is 16.5. The van der Waals surface area contributed by atoms with E-state index in [1.54, 1.807) is 7.11 Å². The van der Waals surface area contributed by atoms with E-state index in [0.717, 1.165) is 79.8 Å². The summed E-state index contributed by atoms with van der Waals surface area (Å²) in [5.41, 5.74) is 10.2. The van der Waals surface area contributed by atoms with E-state index in [2.05, 4.69) is 31.9 Å². The first-order chi connectivity index (χ1) is 16.7. The van der Waals surface area contributed by atoms with Crippen LogP contribution in [-0.2, 0) is 6.54 Å². The molecule has 0 amide bonds. The van der Waals surface area contributed by atoms with Crippen LogP contribution in [0.4, 0.5) is 11.9 Å². The highest BCUT2D eigenvalue weighted by Crippen LogP contribution is 2.34. The molecule has 1 atom stereocenters. The second-order valence-electron chi connectivity index (χ2n) is 9.23. The van der Waals surface area contributed by atoms with Crippen LogP contribution in [0.5, 0.6) is 5.75 Å². The van der Waals surface area contributed by atoms with Gasteiger partial charge in [0.25, 0.3) is 0 Å². The molecular formula is C26H33N7O. The van der Waals surface area contributed by atoms with Gasteiger partial charge in [0.15, 0.2) is 0 Å². The Morgan fingerprint density at radius 3 is 2.59 bits per heavy atom. The number of benzene rings is 1. The van der Waals surface area contributed by atoms with E-state index in [9.17, 15) is 0 Å². The number of aromatic nitrogens is 4. The molecule has 8 heteroatoms. The van der Waals surface area contributed by atoms with Crippen LogP contribution in [-0.4, -0.2) is 58.1 Å². The largest absolute Gasteiger partial charge is 0.497 e. The third-order valence-corrected chi connectivity index (χ3v) is 6.86. The third-order valence-electron chi connectivity index (χ3n) is 6.86. The molecule has 8 nitrogen and oxygen atoms in total. The predicted molar refractivity (Wildman–Crippen MR) is 134 cm³/mol. The molecule has 2 aromatic heterocycles. The summed E-state index contributed by atoms with van der Waals surface area (Å²) in [6.45, 7) is 4.90. The Kier molecular flexibility index (Phi) is 6.85. The van der Waals surface area contributed by atoms with Gasteiger partial charge in [-0.25, -0.2) is 19.9 Å². The third kappa shape index (κ3) is 5.12. The number of ether oxygens (including phenoxy) is 1. The van der Waals surface area contributed by atoms with Crippen LogP contribution in [0.2, 0.25) is 0 Å². The minimum Gasteiger partial charge on any atom is -0.497 e. The van der Waals surface area contributed by atoms with E-state index in [-0.39, 0.29) is 0 Å². The van der Waals surface area contributed by atoms with Crippen molar-refractivity contribution in [3.8, 4) is 16.9 Å². The molecule has 34 heavy (non-hydrogen) atoms. The molecule has 0 saturated carbocycles. The molecule has 2 saturated heterocycles. The zero-order valence-electron chi connectivity index (χ0n) is 19.9. The molecular weight excluding hydrogens is 426 g/mol. The monoisotopic (exact) mass is 459 g/mol. The van der Waals surface area contributed by atoms with Crippen molar-refractivity contribution in [3.05, 3.63) is 54.1 Å². The number of nitrogens with two attached hydrogens (primary N) is 1. The van der Waals surface area contributed by atoms with Crippen LogP contribution in [0.25, 0.3) is 11.1 Å². The van der Waals surface area contributed by atoms with E-state index < -0.39 is 0 Å². The molecule has 2 N–H and O–H groups in total. The molecule has 0 spiro atoms. The first kappa shape index (κ1) is 22.5. The van der Waals surface area contributed by atoms with Gasteiger partial charge in [-0.15, -0.1) is 0 Å². The second kappa shape index (κ2) is 10.3. The SMILES string of the molecule is COc1ccc(-c2cnc(N)nc2C2CCCN(Cc3ccnc(N4CCCCC4)n3)C2)cc1. The van der Waals surface area contributed by atoms with E-state index in [1.807, 2.05) is 30.6 Å². The van der Waals surface area contributed by atoms with Crippen molar-refractivity contribution in [2.45, 2.75) is 44.6 Å². The number of likely N-dealkylation sites (tertiary alicyclic amines) is 1. The van der Waals surface area contributed by atoms with Crippen molar-refractivity contribution in [2.24, 2.45) is 0 Å². The molecule has 2 aliphatic rings. The fourth-order valence-corrected chi connectivity index (χ4v) is 5.08. The minimum absolute atomic E-state index is 0.291. The zero-order valence-corrected chi connectivity index (χ0v) is 19.9. The van der Waals surface area contributed by atoms with Gasteiger partial charge >= 0.3 is 0 Å². The van der Waals surface area contributed by atoms with Crippen LogP contribution in [0.15, 0.2) is 42.7 Å². The van der Waals surface area contributed by atoms with Gasteiger partial charge in [-0.2, -0.15) is 0 Å². The first-order valence-corrected chi connectivity index (χ1v) is 12.3. The maximum Gasteiger partial charge on any atom is 0.225 e. The maximum absolute atomic E-state index is 6.03. The van der Waals surface area contributed by atoms with Gasteiger partial charge in [-0.1, -0.05) is 12.1 Å². The summed E-state index contributed by atoms with van der Waals surface area (Å²) in [4.78, 5) is 23.2. The lowest BCUT2D eigenvalue weighted by molar-refractivity contribution is 0.196. The lowest BCUT2D eigenvalue weighted by Gasteiger charge is -2.33. The summed E-state index contributed by atoms with van der Waals surface area (Å²) in [7, 11) is 1.68. The fourth-order valence-electron chi connectivity index (χ4n) is 5.08. The molecule has 4 heterocycles. The number of rotatable bonds is 6. The highest BCUT2D eigenvalue weighted by Gasteiger charge is 2.26. The lowest BCUT2D eigenvalue weighted by Crippen LogP contribution is -2.35. The van der Waals surface area contributed by atoms with Crippen molar-refractivity contribution in [3.63, 3.8) is 0 Å². The van der Waals surface area contributed by atoms with E-state index in [1.165, 1.54) is 19.3 Å². The average Bonchev–Trinajstić information content (AvgIpc) is 2.89. The van der Waals surface area contributed by atoms with Gasteiger partial charge in [0.2, 0.25) is 11.9 Å². The number of piperidine rings is 2. The number of nitrogen functional groups attached to an aromatic ring is 1. The van der Waals surface area contributed by atoms with Gasteiger partial charge in [0, 0.05) is 50.1 Å². The molecule has 1 aromatic carbocycles. The molecule has 1 unspecified atom stereocenters. The van der Waals surface area contributed by atoms with Crippen LogP contribution in [0.3, 0.4) is 0 Å². The summed E-state index contributed by atoms with van der Waals surface area (Å²) in [5, 5.41) is 0. The van der Waals surface area contributed by atoms with Crippen molar-refractivity contribution in [1.82, 2.24) is 24.8 Å². The van der Waals surface area contributed by atoms with Crippen LogP contribution < -0.4 is 15.4 Å². The quantitative estimate of drug-likeness (QED) is 0.593. The fraction of sp³-hybridized carbons (Fsp3) is 0.462. The Labute approximate surface area is 201 Å². The first-order valence-electron chi connectivity index (χ1n) is 12.3. The Morgan fingerprint density at radius 2 is 1.79 bits per heavy atom. The van der Waals surface area contributed by atoms with Gasteiger partial charge in [0.1, 0.15) is 5.75 Å². The maximum atomic E-state index is 6.03.